The van der Waals surface area contributed by atoms with Crippen LogP contribution in [0, 0.1) is 5.92 Å². The van der Waals surface area contributed by atoms with Gasteiger partial charge in [-0.1, -0.05) is 49.2 Å². The Kier molecular flexibility index (Phi) is 5.89. The van der Waals surface area contributed by atoms with Gasteiger partial charge in [-0.15, -0.1) is 0 Å². The van der Waals surface area contributed by atoms with E-state index in [1.54, 1.807) is 0 Å². The predicted molar refractivity (Wildman–Crippen MR) is 131 cm³/mol. The fourth-order valence-electron chi connectivity index (χ4n) is 4.89. The molecule has 0 radical (unpaired) electrons. The largest absolute Gasteiger partial charge is 0.359 e. The van der Waals surface area contributed by atoms with E-state index in [0.717, 1.165) is 54.0 Å². The third-order valence-electron chi connectivity index (χ3n) is 6.79. The summed E-state index contributed by atoms with van der Waals surface area (Å²) in [5.41, 5.74) is 3.52. The van der Waals surface area contributed by atoms with Crippen LogP contribution in [0.4, 0.5) is 11.4 Å². The molecule has 2 aromatic rings. The summed E-state index contributed by atoms with van der Waals surface area (Å²) in [5, 5.41) is 1.54. The maximum Gasteiger partial charge on any atom is 0.125 e. The van der Waals surface area contributed by atoms with Gasteiger partial charge in [0, 0.05) is 48.3 Å². The molecule has 6 heteroatoms. The van der Waals surface area contributed by atoms with Gasteiger partial charge in [-0.2, -0.15) is 0 Å². The lowest BCUT2D eigenvalue weighted by Crippen LogP contribution is -2.58. The van der Waals surface area contributed by atoms with Gasteiger partial charge in [-0.3, -0.25) is 4.90 Å². The molecule has 1 saturated heterocycles. The van der Waals surface area contributed by atoms with Crippen LogP contribution in [-0.2, 0) is 6.54 Å². The van der Waals surface area contributed by atoms with Crippen LogP contribution in [0.25, 0.3) is 0 Å². The minimum Gasteiger partial charge on any atom is -0.359 e. The van der Waals surface area contributed by atoms with Crippen LogP contribution in [-0.4, -0.2) is 53.9 Å². The van der Waals surface area contributed by atoms with Gasteiger partial charge >= 0.3 is 0 Å². The van der Waals surface area contributed by atoms with Gasteiger partial charge in [0.05, 0.1) is 17.9 Å². The van der Waals surface area contributed by atoms with Crippen molar-refractivity contribution in [2.24, 2.45) is 10.9 Å². The highest BCUT2D eigenvalue weighted by Gasteiger charge is 2.37. The number of halogens is 2. The van der Waals surface area contributed by atoms with Crippen LogP contribution in [0.1, 0.15) is 32.3 Å². The fourth-order valence-corrected chi connectivity index (χ4v) is 5.26. The van der Waals surface area contributed by atoms with E-state index < -0.39 is 0 Å². The molecule has 1 atom stereocenters. The van der Waals surface area contributed by atoms with Crippen LogP contribution in [0.5, 0.6) is 0 Å². The molecule has 31 heavy (non-hydrogen) atoms. The zero-order valence-corrected chi connectivity index (χ0v) is 19.8. The summed E-state index contributed by atoms with van der Waals surface area (Å²) < 4.78 is 0. The number of anilines is 1. The van der Waals surface area contributed by atoms with Gasteiger partial charge in [-0.25, -0.2) is 4.99 Å². The standard InChI is InChI=1S/C25H30Cl2N4/c1-17(2)24-15-30(12-11-29(24)14-18-13-19(26)7-10-21(18)27)25-16-31(20-8-9-20)23-6-4-3-5-22(23)28-25/h3-7,10,13,17,20,24H,8-9,11-12,14-16H2,1-2H3. The Morgan fingerprint density at radius 1 is 1.06 bits per heavy atom. The van der Waals surface area contributed by atoms with E-state index >= 15 is 0 Å². The van der Waals surface area contributed by atoms with Crippen LogP contribution in [0.3, 0.4) is 0 Å². The van der Waals surface area contributed by atoms with Gasteiger partial charge in [0.15, 0.2) is 0 Å². The lowest BCUT2D eigenvalue weighted by Gasteiger charge is -2.46. The molecule has 2 fully saturated rings. The minimum absolute atomic E-state index is 0.443. The Labute approximate surface area is 195 Å². The summed E-state index contributed by atoms with van der Waals surface area (Å²) in [5.74, 6) is 1.76. The van der Waals surface area contributed by atoms with E-state index in [1.807, 2.05) is 18.2 Å². The van der Waals surface area contributed by atoms with Crippen molar-refractivity contribution in [3.05, 3.63) is 58.1 Å². The number of hydrogen-bond donors (Lipinski definition) is 0. The average Bonchev–Trinajstić information content (AvgIpc) is 3.61. The molecule has 2 aromatic carbocycles. The molecule has 2 heterocycles. The van der Waals surface area contributed by atoms with Crippen molar-refractivity contribution in [2.45, 2.75) is 45.3 Å². The maximum atomic E-state index is 6.47. The molecule has 164 valence electrons. The van der Waals surface area contributed by atoms with E-state index in [0.29, 0.717) is 18.0 Å². The van der Waals surface area contributed by atoms with Gasteiger partial charge in [0.2, 0.25) is 0 Å². The van der Waals surface area contributed by atoms with Crippen LogP contribution in [0.2, 0.25) is 10.0 Å². The fraction of sp³-hybridized carbons (Fsp3) is 0.480. The predicted octanol–water partition coefficient (Wildman–Crippen LogP) is 5.85. The first-order valence-electron chi connectivity index (χ1n) is 11.4. The van der Waals surface area contributed by atoms with E-state index in [4.69, 9.17) is 28.2 Å². The van der Waals surface area contributed by atoms with Gasteiger partial charge in [-0.05, 0) is 54.7 Å². The number of amidine groups is 1. The first-order valence-corrected chi connectivity index (χ1v) is 12.1. The molecule has 0 amide bonds. The molecular formula is C25H30Cl2N4. The zero-order valence-electron chi connectivity index (χ0n) is 18.3. The van der Waals surface area contributed by atoms with Crippen molar-refractivity contribution in [2.75, 3.05) is 31.1 Å². The summed E-state index contributed by atoms with van der Waals surface area (Å²) in [6.45, 7) is 9.36. The second kappa shape index (κ2) is 8.65. The Bertz CT molecular complexity index is 985. The van der Waals surface area contributed by atoms with Gasteiger partial charge in [0.25, 0.3) is 0 Å². The summed E-state index contributed by atoms with van der Waals surface area (Å²) in [4.78, 5) is 12.8. The van der Waals surface area contributed by atoms with Gasteiger partial charge < -0.3 is 9.80 Å². The molecular weight excluding hydrogens is 427 g/mol. The lowest BCUT2D eigenvalue weighted by molar-refractivity contribution is 0.0748. The number of benzene rings is 2. The van der Waals surface area contributed by atoms with Crippen LogP contribution >= 0.6 is 23.2 Å². The van der Waals surface area contributed by atoms with Crippen molar-refractivity contribution in [3.8, 4) is 0 Å². The zero-order chi connectivity index (χ0) is 21.5. The van der Waals surface area contributed by atoms with Crippen molar-refractivity contribution in [1.29, 1.82) is 0 Å². The molecule has 0 aromatic heterocycles. The quantitative estimate of drug-likeness (QED) is 0.575. The van der Waals surface area contributed by atoms with Crippen LogP contribution in [0.15, 0.2) is 47.5 Å². The first-order chi connectivity index (χ1) is 15.0. The van der Waals surface area contributed by atoms with E-state index in [2.05, 4.69) is 52.8 Å². The normalized spacial score (nSPS) is 22.0. The monoisotopic (exact) mass is 456 g/mol. The Balaban J connectivity index is 1.36. The van der Waals surface area contributed by atoms with E-state index in [9.17, 15) is 0 Å². The molecule has 1 aliphatic carbocycles. The first kappa shape index (κ1) is 21.1. The second-order valence-corrected chi connectivity index (χ2v) is 10.2. The van der Waals surface area contributed by atoms with Gasteiger partial charge in [0.1, 0.15) is 5.84 Å². The number of aliphatic imine (C=N–C) groups is 1. The topological polar surface area (TPSA) is 22.1 Å². The molecule has 3 aliphatic rings. The maximum absolute atomic E-state index is 6.47. The highest BCUT2D eigenvalue weighted by molar-refractivity contribution is 6.33. The molecule has 0 bridgehead atoms. The summed E-state index contributed by atoms with van der Waals surface area (Å²) in [6.07, 6.45) is 2.59. The molecule has 4 nitrogen and oxygen atoms in total. The smallest absolute Gasteiger partial charge is 0.125 e. The third kappa shape index (κ3) is 4.44. The summed E-state index contributed by atoms with van der Waals surface area (Å²) >= 11 is 12.7. The van der Waals surface area contributed by atoms with Crippen LogP contribution < -0.4 is 4.90 Å². The number of piperazine rings is 1. The highest BCUT2D eigenvalue weighted by Crippen LogP contribution is 2.40. The molecule has 5 rings (SSSR count). The number of hydrogen-bond acceptors (Lipinski definition) is 4. The number of para-hydroxylation sites is 2. The Hall–Kier alpha value is -1.75. The summed E-state index contributed by atoms with van der Waals surface area (Å²) in [7, 11) is 0. The van der Waals surface area contributed by atoms with Crippen molar-refractivity contribution < 1.29 is 0 Å². The number of fused-ring (bicyclic) bond motifs is 1. The average molecular weight is 457 g/mol. The molecule has 2 aliphatic heterocycles. The molecule has 0 spiro atoms. The minimum atomic E-state index is 0.443. The van der Waals surface area contributed by atoms with E-state index in [1.165, 1.54) is 24.4 Å². The molecule has 0 N–H and O–H groups in total. The summed E-state index contributed by atoms with van der Waals surface area (Å²) in [6, 6.07) is 15.5. The highest BCUT2D eigenvalue weighted by atomic mass is 35.5. The third-order valence-corrected chi connectivity index (χ3v) is 7.39. The molecule has 1 saturated carbocycles. The molecule has 1 unspecified atom stereocenters. The second-order valence-electron chi connectivity index (χ2n) is 9.34. The van der Waals surface area contributed by atoms with Crippen molar-refractivity contribution >= 4 is 40.4 Å². The Morgan fingerprint density at radius 2 is 1.87 bits per heavy atom. The lowest BCUT2D eigenvalue weighted by atomic mass is 9.98. The van der Waals surface area contributed by atoms with Crippen molar-refractivity contribution in [3.63, 3.8) is 0 Å². The number of rotatable bonds is 4. The SMILES string of the molecule is CC(C)C1CN(C2=Nc3ccccc3N(C3CC3)C2)CCN1Cc1cc(Cl)ccc1Cl. The Morgan fingerprint density at radius 3 is 2.65 bits per heavy atom. The number of nitrogens with zero attached hydrogens (tertiary/aromatic N) is 4. The van der Waals surface area contributed by atoms with Crippen molar-refractivity contribution in [1.82, 2.24) is 9.80 Å². The van der Waals surface area contributed by atoms with E-state index in [-0.39, 0.29) is 0 Å².